The summed E-state index contributed by atoms with van der Waals surface area (Å²) in [5.74, 6) is 0.710. The van der Waals surface area contributed by atoms with E-state index in [2.05, 4.69) is 9.97 Å². The zero-order valence-electron chi connectivity index (χ0n) is 11.0. The van der Waals surface area contributed by atoms with Gasteiger partial charge < -0.3 is 10.1 Å². The van der Waals surface area contributed by atoms with Crippen LogP contribution in [0.3, 0.4) is 0 Å². The number of halogens is 1. The molecule has 0 aliphatic rings. The second-order valence-corrected chi connectivity index (χ2v) is 5.71. The van der Waals surface area contributed by atoms with Crippen molar-refractivity contribution in [3.8, 4) is 5.88 Å². The molecular formula is C14H15ClN2O2S. The molecule has 0 fully saturated rings. The molecule has 2 aromatic rings. The minimum absolute atomic E-state index is 0.176. The molecule has 6 heteroatoms. The highest BCUT2D eigenvalue weighted by Crippen LogP contribution is 2.28. The van der Waals surface area contributed by atoms with Gasteiger partial charge in [-0.3, -0.25) is 4.79 Å². The number of aromatic amines is 1. The van der Waals surface area contributed by atoms with Crippen LogP contribution in [-0.4, -0.2) is 15.1 Å². The molecule has 0 bridgehead atoms. The fourth-order valence-electron chi connectivity index (χ4n) is 1.78. The average molecular weight is 311 g/mol. The maximum absolute atomic E-state index is 11.8. The van der Waals surface area contributed by atoms with Gasteiger partial charge in [-0.2, -0.15) is 4.98 Å². The number of hydrogen-bond acceptors (Lipinski definition) is 4. The molecule has 0 saturated heterocycles. The number of aromatic hydroxyl groups is 1. The lowest BCUT2D eigenvalue weighted by Gasteiger charge is -2.06. The van der Waals surface area contributed by atoms with Crippen molar-refractivity contribution in [2.75, 3.05) is 0 Å². The Balaban J connectivity index is 2.15. The van der Waals surface area contributed by atoms with E-state index in [1.54, 1.807) is 0 Å². The molecule has 1 heterocycles. The van der Waals surface area contributed by atoms with Gasteiger partial charge in [0.25, 0.3) is 5.56 Å². The number of nitrogens with one attached hydrogen (secondary N) is 1. The van der Waals surface area contributed by atoms with E-state index in [0.717, 1.165) is 11.3 Å². The number of thioether (sulfide) groups is 1. The van der Waals surface area contributed by atoms with Gasteiger partial charge in [0, 0.05) is 4.90 Å². The highest BCUT2D eigenvalue weighted by Gasteiger charge is 2.10. The number of aromatic nitrogens is 2. The van der Waals surface area contributed by atoms with Crippen LogP contribution in [0.2, 0.25) is 5.02 Å². The largest absolute Gasteiger partial charge is 0.493 e. The molecule has 106 valence electrons. The highest BCUT2D eigenvalue weighted by molar-refractivity contribution is 7.98. The zero-order valence-corrected chi connectivity index (χ0v) is 12.6. The lowest BCUT2D eigenvalue weighted by molar-refractivity contribution is 0.440. The summed E-state index contributed by atoms with van der Waals surface area (Å²) in [5.41, 5.74) is 0.0769. The van der Waals surface area contributed by atoms with Crippen LogP contribution in [0.5, 0.6) is 5.88 Å². The van der Waals surface area contributed by atoms with Crippen molar-refractivity contribution in [1.29, 1.82) is 0 Å². The van der Waals surface area contributed by atoms with Crippen LogP contribution in [0.1, 0.15) is 24.7 Å². The Labute approximate surface area is 126 Å². The topological polar surface area (TPSA) is 66.0 Å². The lowest BCUT2D eigenvalue weighted by atomic mass is 10.2. The van der Waals surface area contributed by atoms with Crippen molar-refractivity contribution in [2.24, 2.45) is 0 Å². The second kappa shape index (κ2) is 6.81. The van der Waals surface area contributed by atoms with Gasteiger partial charge in [-0.15, -0.1) is 11.8 Å². The molecule has 0 aliphatic carbocycles. The molecule has 0 aliphatic heterocycles. The maximum Gasteiger partial charge on any atom is 0.257 e. The molecule has 4 nitrogen and oxygen atoms in total. The molecule has 2 rings (SSSR count). The van der Waals surface area contributed by atoms with Crippen molar-refractivity contribution in [2.45, 2.75) is 30.4 Å². The number of hydrogen-bond donors (Lipinski definition) is 2. The van der Waals surface area contributed by atoms with E-state index in [9.17, 15) is 9.90 Å². The number of H-pyrrole nitrogens is 1. The Hall–Kier alpha value is -1.46. The predicted octanol–water partition coefficient (Wildman–Crippen LogP) is 3.37. The third-order valence-corrected chi connectivity index (χ3v) is 4.27. The smallest absolute Gasteiger partial charge is 0.257 e. The first-order valence-corrected chi connectivity index (χ1v) is 7.66. The molecule has 2 N–H and O–H groups in total. The molecule has 0 unspecified atom stereocenters. The Kier molecular flexibility index (Phi) is 5.09. The van der Waals surface area contributed by atoms with Crippen molar-refractivity contribution < 1.29 is 5.11 Å². The first-order chi connectivity index (χ1) is 9.61. The minimum Gasteiger partial charge on any atom is -0.493 e. The quantitative estimate of drug-likeness (QED) is 0.831. The first-order valence-electron chi connectivity index (χ1n) is 6.30. The predicted molar refractivity (Wildman–Crippen MR) is 81.5 cm³/mol. The van der Waals surface area contributed by atoms with E-state index in [1.807, 2.05) is 31.2 Å². The molecule has 0 amide bonds. The van der Waals surface area contributed by atoms with E-state index in [0.29, 0.717) is 28.6 Å². The van der Waals surface area contributed by atoms with Crippen LogP contribution in [0, 0.1) is 0 Å². The van der Waals surface area contributed by atoms with Gasteiger partial charge in [0.15, 0.2) is 0 Å². The van der Waals surface area contributed by atoms with Gasteiger partial charge >= 0.3 is 0 Å². The van der Waals surface area contributed by atoms with Gasteiger partial charge in [-0.25, -0.2) is 0 Å². The Morgan fingerprint density at radius 3 is 2.80 bits per heavy atom. The molecule has 0 radical (unpaired) electrons. The summed E-state index contributed by atoms with van der Waals surface area (Å²) in [6, 6.07) is 7.46. The number of benzene rings is 1. The van der Waals surface area contributed by atoms with Crippen LogP contribution in [0.15, 0.2) is 34.0 Å². The standard InChI is InChI=1S/C14H15ClN2O2S/c1-2-5-9-13(18)16-12(17-14(9)19)8-20-11-7-4-3-6-10(11)15/h3-4,6-7H,2,5,8H2,1H3,(H2,16,17,18,19). The van der Waals surface area contributed by atoms with E-state index in [1.165, 1.54) is 11.8 Å². The van der Waals surface area contributed by atoms with Crippen LogP contribution in [-0.2, 0) is 12.2 Å². The van der Waals surface area contributed by atoms with Gasteiger partial charge in [0.2, 0.25) is 5.88 Å². The molecule has 1 aromatic heterocycles. The Morgan fingerprint density at radius 1 is 1.40 bits per heavy atom. The summed E-state index contributed by atoms with van der Waals surface area (Å²) >= 11 is 7.52. The SMILES string of the molecule is CCCc1c(O)nc(CSc2ccccc2Cl)[nH]c1=O. The normalized spacial score (nSPS) is 10.7. The molecule has 0 spiro atoms. The first kappa shape index (κ1) is 14.9. The van der Waals surface area contributed by atoms with Crippen LogP contribution >= 0.6 is 23.4 Å². The second-order valence-electron chi connectivity index (χ2n) is 4.28. The molecule has 1 aromatic carbocycles. The Bertz CT molecular complexity index is 658. The zero-order chi connectivity index (χ0) is 14.5. The maximum atomic E-state index is 11.8. The number of nitrogens with zero attached hydrogens (tertiary/aromatic N) is 1. The Morgan fingerprint density at radius 2 is 2.15 bits per heavy atom. The third kappa shape index (κ3) is 3.55. The average Bonchev–Trinajstić information content (AvgIpc) is 2.42. The molecule has 0 atom stereocenters. The van der Waals surface area contributed by atoms with Crippen molar-refractivity contribution >= 4 is 23.4 Å². The van der Waals surface area contributed by atoms with E-state index >= 15 is 0 Å². The van der Waals surface area contributed by atoms with Gasteiger partial charge in [-0.1, -0.05) is 37.1 Å². The summed E-state index contributed by atoms with van der Waals surface area (Å²) in [5, 5.41) is 10.4. The third-order valence-electron chi connectivity index (χ3n) is 2.74. The van der Waals surface area contributed by atoms with Gasteiger partial charge in [0.1, 0.15) is 5.82 Å². The molecule has 20 heavy (non-hydrogen) atoms. The minimum atomic E-state index is -0.269. The highest BCUT2D eigenvalue weighted by atomic mass is 35.5. The summed E-state index contributed by atoms with van der Waals surface area (Å²) in [7, 11) is 0. The van der Waals surface area contributed by atoms with Crippen molar-refractivity contribution in [1.82, 2.24) is 9.97 Å². The van der Waals surface area contributed by atoms with E-state index < -0.39 is 0 Å². The fourth-order valence-corrected chi connectivity index (χ4v) is 2.89. The van der Waals surface area contributed by atoms with Crippen molar-refractivity contribution in [3.63, 3.8) is 0 Å². The fraction of sp³-hybridized carbons (Fsp3) is 0.286. The van der Waals surface area contributed by atoms with E-state index in [4.69, 9.17) is 11.6 Å². The van der Waals surface area contributed by atoms with Gasteiger partial charge in [-0.05, 0) is 18.6 Å². The van der Waals surface area contributed by atoms with Crippen LogP contribution < -0.4 is 5.56 Å². The molecule has 0 saturated carbocycles. The monoisotopic (exact) mass is 310 g/mol. The van der Waals surface area contributed by atoms with Crippen LogP contribution in [0.4, 0.5) is 0 Å². The van der Waals surface area contributed by atoms with Crippen LogP contribution in [0.25, 0.3) is 0 Å². The summed E-state index contributed by atoms with van der Waals surface area (Å²) in [6.07, 6.45) is 1.30. The number of rotatable bonds is 5. The summed E-state index contributed by atoms with van der Waals surface area (Å²) in [6.45, 7) is 1.94. The summed E-state index contributed by atoms with van der Waals surface area (Å²) < 4.78 is 0. The molecular weight excluding hydrogens is 296 g/mol. The summed E-state index contributed by atoms with van der Waals surface area (Å²) in [4.78, 5) is 19.5. The van der Waals surface area contributed by atoms with Gasteiger partial charge in [0.05, 0.1) is 16.3 Å². The van der Waals surface area contributed by atoms with E-state index in [-0.39, 0.29) is 11.4 Å². The lowest BCUT2D eigenvalue weighted by Crippen LogP contribution is -2.16. The van der Waals surface area contributed by atoms with Crippen molar-refractivity contribution in [3.05, 3.63) is 51.0 Å².